The van der Waals surface area contributed by atoms with Crippen molar-refractivity contribution in [2.75, 3.05) is 12.4 Å². The van der Waals surface area contributed by atoms with Crippen molar-refractivity contribution in [1.82, 2.24) is 5.32 Å². The number of ether oxygens (including phenoxy) is 1. The van der Waals surface area contributed by atoms with Gasteiger partial charge in [0.25, 0.3) is 0 Å². The molecule has 0 bridgehead atoms. The Balaban J connectivity index is 2.02. The molecule has 0 spiro atoms. The fraction of sp³-hybridized carbons (Fsp3) is 0.235. The minimum absolute atomic E-state index is 0.0611. The molecule has 2 rings (SSSR count). The van der Waals surface area contributed by atoms with E-state index in [2.05, 4.69) is 36.6 Å². The fourth-order valence-corrected chi connectivity index (χ4v) is 2.48. The first-order valence-corrected chi connectivity index (χ1v) is 7.28. The number of anilines is 1. The summed E-state index contributed by atoms with van der Waals surface area (Å²) in [5.74, 6) is 0.857. The Hall–Kier alpha value is -2.07. The first-order chi connectivity index (χ1) is 10.1. The maximum Gasteiger partial charge on any atom is 0.171 e. The number of rotatable bonds is 4. The van der Waals surface area contributed by atoms with Gasteiger partial charge >= 0.3 is 0 Å². The fourth-order valence-electron chi connectivity index (χ4n) is 2.19. The van der Waals surface area contributed by atoms with Crippen molar-refractivity contribution in [3.8, 4) is 5.75 Å². The molecule has 2 aromatic rings. The third kappa shape index (κ3) is 4.20. The van der Waals surface area contributed by atoms with Crippen LogP contribution in [0.4, 0.5) is 5.69 Å². The molecule has 0 saturated carbocycles. The van der Waals surface area contributed by atoms with Crippen LogP contribution >= 0.6 is 12.2 Å². The van der Waals surface area contributed by atoms with Gasteiger partial charge in [0.1, 0.15) is 5.75 Å². The van der Waals surface area contributed by atoms with Crippen LogP contribution in [-0.4, -0.2) is 12.2 Å². The molecule has 0 unspecified atom stereocenters. The Morgan fingerprint density at radius 1 is 1.14 bits per heavy atom. The van der Waals surface area contributed by atoms with Gasteiger partial charge in [-0.1, -0.05) is 30.3 Å². The number of aryl methyl sites for hydroxylation is 1. The van der Waals surface area contributed by atoms with E-state index in [1.54, 1.807) is 7.11 Å². The maximum absolute atomic E-state index is 5.38. The normalized spacial score (nSPS) is 11.6. The summed E-state index contributed by atoms with van der Waals surface area (Å²) in [6.07, 6.45) is 0. The molecule has 0 fully saturated rings. The van der Waals surface area contributed by atoms with Gasteiger partial charge < -0.3 is 15.4 Å². The van der Waals surface area contributed by atoms with Crippen LogP contribution in [0.15, 0.2) is 48.5 Å². The van der Waals surface area contributed by atoms with Gasteiger partial charge in [-0.2, -0.15) is 0 Å². The lowest BCUT2D eigenvalue weighted by Crippen LogP contribution is -2.31. The molecule has 21 heavy (non-hydrogen) atoms. The second kappa shape index (κ2) is 7.09. The predicted molar refractivity (Wildman–Crippen MR) is 91.9 cm³/mol. The molecule has 1 atom stereocenters. The topological polar surface area (TPSA) is 33.3 Å². The van der Waals surface area contributed by atoms with Crippen molar-refractivity contribution in [2.45, 2.75) is 19.9 Å². The van der Waals surface area contributed by atoms with Crippen molar-refractivity contribution in [2.24, 2.45) is 0 Å². The molecule has 0 aromatic heterocycles. The van der Waals surface area contributed by atoms with E-state index in [9.17, 15) is 0 Å². The number of thiocarbonyl (C=S) groups is 1. The highest BCUT2D eigenvalue weighted by Gasteiger charge is 2.11. The van der Waals surface area contributed by atoms with E-state index in [-0.39, 0.29) is 6.04 Å². The number of para-hydroxylation sites is 1. The Labute approximate surface area is 131 Å². The van der Waals surface area contributed by atoms with Crippen LogP contribution in [-0.2, 0) is 0 Å². The monoisotopic (exact) mass is 300 g/mol. The molecule has 0 aliphatic rings. The maximum atomic E-state index is 5.38. The van der Waals surface area contributed by atoms with E-state index in [4.69, 9.17) is 17.0 Å². The SMILES string of the molecule is COc1ccccc1[C@H](C)NC(=S)Nc1cccc(C)c1. The van der Waals surface area contributed by atoms with E-state index in [0.29, 0.717) is 5.11 Å². The molecule has 0 saturated heterocycles. The number of hydrogen-bond donors (Lipinski definition) is 2. The Kier molecular flexibility index (Phi) is 5.17. The lowest BCUT2D eigenvalue weighted by Gasteiger charge is -2.19. The average molecular weight is 300 g/mol. The summed E-state index contributed by atoms with van der Waals surface area (Å²) in [5, 5.41) is 7.08. The lowest BCUT2D eigenvalue weighted by atomic mass is 10.1. The first kappa shape index (κ1) is 15.3. The second-order valence-electron chi connectivity index (χ2n) is 4.93. The van der Waals surface area contributed by atoms with Crippen molar-refractivity contribution >= 4 is 23.0 Å². The third-order valence-electron chi connectivity index (χ3n) is 3.23. The van der Waals surface area contributed by atoms with E-state index in [1.165, 1.54) is 5.56 Å². The molecule has 3 nitrogen and oxygen atoms in total. The summed E-state index contributed by atoms with van der Waals surface area (Å²) < 4.78 is 5.38. The molecule has 0 amide bonds. The quantitative estimate of drug-likeness (QED) is 0.835. The predicted octanol–water partition coefficient (Wildman–Crippen LogP) is 4.05. The average Bonchev–Trinajstić information content (AvgIpc) is 2.47. The van der Waals surface area contributed by atoms with Gasteiger partial charge in [0.05, 0.1) is 13.2 Å². The van der Waals surface area contributed by atoms with E-state index in [0.717, 1.165) is 17.0 Å². The molecule has 110 valence electrons. The number of benzene rings is 2. The summed E-state index contributed by atoms with van der Waals surface area (Å²) in [6, 6.07) is 16.1. The van der Waals surface area contributed by atoms with Gasteiger partial charge in [-0.05, 0) is 49.8 Å². The van der Waals surface area contributed by atoms with Gasteiger partial charge in [-0.25, -0.2) is 0 Å². The standard InChI is InChI=1S/C17H20N2OS/c1-12-7-6-8-14(11-12)19-17(21)18-13(2)15-9-4-5-10-16(15)20-3/h4-11,13H,1-3H3,(H2,18,19,21)/t13-/m0/s1. The zero-order chi connectivity index (χ0) is 15.2. The number of methoxy groups -OCH3 is 1. The zero-order valence-electron chi connectivity index (χ0n) is 12.5. The molecule has 0 aliphatic carbocycles. The Bertz CT molecular complexity index is 628. The van der Waals surface area contributed by atoms with Gasteiger partial charge in [-0.3, -0.25) is 0 Å². The number of hydrogen-bond acceptors (Lipinski definition) is 2. The molecule has 0 heterocycles. The van der Waals surface area contributed by atoms with Crippen LogP contribution in [0.1, 0.15) is 24.1 Å². The van der Waals surface area contributed by atoms with Crippen LogP contribution < -0.4 is 15.4 Å². The van der Waals surface area contributed by atoms with Crippen molar-refractivity contribution in [3.05, 3.63) is 59.7 Å². The van der Waals surface area contributed by atoms with Crippen LogP contribution in [0.5, 0.6) is 5.75 Å². The highest BCUT2D eigenvalue weighted by Crippen LogP contribution is 2.24. The summed E-state index contributed by atoms with van der Waals surface area (Å²) in [6.45, 7) is 4.11. The molecule has 0 radical (unpaired) electrons. The van der Waals surface area contributed by atoms with E-state index in [1.807, 2.05) is 36.4 Å². The van der Waals surface area contributed by atoms with E-state index >= 15 is 0 Å². The molecular weight excluding hydrogens is 280 g/mol. The van der Waals surface area contributed by atoms with Crippen LogP contribution in [0.3, 0.4) is 0 Å². The summed E-state index contributed by atoms with van der Waals surface area (Å²) in [4.78, 5) is 0. The lowest BCUT2D eigenvalue weighted by molar-refractivity contribution is 0.405. The summed E-state index contributed by atoms with van der Waals surface area (Å²) >= 11 is 5.37. The van der Waals surface area contributed by atoms with E-state index < -0.39 is 0 Å². The number of nitrogens with one attached hydrogen (secondary N) is 2. The molecular formula is C17H20N2OS. The van der Waals surface area contributed by atoms with Gasteiger partial charge in [-0.15, -0.1) is 0 Å². The zero-order valence-corrected chi connectivity index (χ0v) is 13.3. The molecule has 4 heteroatoms. The van der Waals surface area contributed by atoms with Crippen LogP contribution in [0.25, 0.3) is 0 Å². The smallest absolute Gasteiger partial charge is 0.171 e. The van der Waals surface area contributed by atoms with Crippen molar-refractivity contribution in [1.29, 1.82) is 0 Å². The van der Waals surface area contributed by atoms with Crippen LogP contribution in [0.2, 0.25) is 0 Å². The largest absolute Gasteiger partial charge is 0.496 e. The highest BCUT2D eigenvalue weighted by molar-refractivity contribution is 7.80. The van der Waals surface area contributed by atoms with Gasteiger partial charge in [0.15, 0.2) is 5.11 Å². The summed E-state index contributed by atoms with van der Waals surface area (Å²) in [5.41, 5.74) is 3.26. The Morgan fingerprint density at radius 2 is 1.90 bits per heavy atom. The van der Waals surface area contributed by atoms with Gasteiger partial charge in [0.2, 0.25) is 0 Å². The minimum Gasteiger partial charge on any atom is -0.496 e. The minimum atomic E-state index is 0.0611. The summed E-state index contributed by atoms with van der Waals surface area (Å²) in [7, 11) is 1.68. The van der Waals surface area contributed by atoms with Crippen molar-refractivity contribution in [3.63, 3.8) is 0 Å². The van der Waals surface area contributed by atoms with Crippen molar-refractivity contribution < 1.29 is 4.74 Å². The highest BCUT2D eigenvalue weighted by atomic mass is 32.1. The molecule has 2 aromatic carbocycles. The molecule has 2 N–H and O–H groups in total. The Morgan fingerprint density at radius 3 is 2.62 bits per heavy atom. The third-order valence-corrected chi connectivity index (χ3v) is 3.45. The second-order valence-corrected chi connectivity index (χ2v) is 5.34. The van der Waals surface area contributed by atoms with Crippen LogP contribution in [0, 0.1) is 6.92 Å². The molecule has 0 aliphatic heterocycles. The first-order valence-electron chi connectivity index (χ1n) is 6.87. The van der Waals surface area contributed by atoms with Gasteiger partial charge in [0, 0.05) is 11.3 Å².